The summed E-state index contributed by atoms with van der Waals surface area (Å²) in [5.74, 6) is -0.943. The van der Waals surface area contributed by atoms with Crippen molar-refractivity contribution in [1.29, 1.82) is 0 Å². The van der Waals surface area contributed by atoms with E-state index in [-0.39, 0.29) is 30.7 Å². The van der Waals surface area contributed by atoms with Crippen molar-refractivity contribution in [3.8, 4) is 0 Å². The average molecular weight is 293 g/mol. The summed E-state index contributed by atoms with van der Waals surface area (Å²) in [5, 5.41) is -1.34. The summed E-state index contributed by atoms with van der Waals surface area (Å²) in [6.45, 7) is 1.62. The molecule has 0 radical (unpaired) electrons. The van der Waals surface area contributed by atoms with Crippen molar-refractivity contribution < 1.29 is 26.6 Å². The topological polar surface area (TPSA) is 80.8 Å². The van der Waals surface area contributed by atoms with Crippen LogP contribution in [-0.4, -0.2) is 50.1 Å². The SMILES string of the molecule is COC(=O)C1CC(S(=O)(=O)F)CN1C(=O)C1CC1C. The van der Waals surface area contributed by atoms with Crippen LogP contribution in [0.15, 0.2) is 0 Å². The first kappa shape index (κ1) is 14.2. The Bertz CT molecular complexity index is 505. The van der Waals surface area contributed by atoms with Crippen molar-refractivity contribution in [3.05, 3.63) is 0 Å². The summed E-state index contributed by atoms with van der Waals surface area (Å²) < 4.78 is 39.5. The van der Waals surface area contributed by atoms with Gasteiger partial charge in [0, 0.05) is 12.5 Å². The lowest BCUT2D eigenvalue weighted by Crippen LogP contribution is -2.42. The molecule has 1 saturated carbocycles. The number of carbonyl (C=O) groups is 2. The molecule has 108 valence electrons. The molecule has 1 aliphatic heterocycles. The van der Waals surface area contributed by atoms with Crippen LogP contribution in [0.1, 0.15) is 19.8 Å². The van der Waals surface area contributed by atoms with E-state index in [0.717, 1.165) is 18.4 Å². The van der Waals surface area contributed by atoms with Gasteiger partial charge in [0.25, 0.3) is 0 Å². The van der Waals surface area contributed by atoms with Gasteiger partial charge in [0.15, 0.2) is 0 Å². The molecule has 19 heavy (non-hydrogen) atoms. The molecule has 1 saturated heterocycles. The van der Waals surface area contributed by atoms with Gasteiger partial charge in [-0.1, -0.05) is 6.92 Å². The lowest BCUT2D eigenvalue weighted by atomic mass is 10.2. The Morgan fingerprint density at radius 1 is 1.32 bits per heavy atom. The molecule has 2 fully saturated rings. The molecule has 6 nitrogen and oxygen atoms in total. The summed E-state index contributed by atoms with van der Waals surface area (Å²) in [6.07, 6.45) is 0.481. The number of hydrogen-bond acceptors (Lipinski definition) is 5. The fourth-order valence-electron chi connectivity index (χ4n) is 2.48. The van der Waals surface area contributed by atoms with Gasteiger partial charge in [-0.3, -0.25) is 4.79 Å². The van der Waals surface area contributed by atoms with Crippen LogP contribution in [0, 0.1) is 11.8 Å². The standard InChI is InChI=1S/C11H16FNO5S/c1-6-3-8(6)10(14)13-5-7(19(12,16)17)4-9(13)11(15)18-2/h6-9H,3-5H2,1-2H3. The van der Waals surface area contributed by atoms with E-state index in [1.807, 2.05) is 6.92 Å². The number of methoxy groups -OCH3 is 1. The number of rotatable bonds is 3. The molecule has 4 atom stereocenters. The second kappa shape index (κ2) is 4.73. The highest BCUT2D eigenvalue weighted by Crippen LogP contribution is 2.41. The van der Waals surface area contributed by atoms with Crippen LogP contribution >= 0.6 is 0 Å². The minimum atomic E-state index is -4.76. The molecular weight excluding hydrogens is 277 g/mol. The molecule has 4 unspecified atom stereocenters. The molecule has 2 rings (SSSR count). The van der Waals surface area contributed by atoms with Crippen LogP contribution in [0.25, 0.3) is 0 Å². The second-order valence-corrected chi connectivity index (χ2v) is 6.80. The first-order chi connectivity index (χ1) is 8.75. The Morgan fingerprint density at radius 2 is 1.89 bits per heavy atom. The van der Waals surface area contributed by atoms with E-state index < -0.39 is 27.5 Å². The monoisotopic (exact) mass is 293 g/mol. The third kappa shape index (κ3) is 2.72. The molecule has 1 amide bonds. The Morgan fingerprint density at radius 3 is 2.32 bits per heavy atom. The summed E-state index contributed by atoms with van der Waals surface area (Å²) in [4.78, 5) is 24.9. The number of nitrogens with zero attached hydrogens (tertiary/aromatic N) is 1. The van der Waals surface area contributed by atoms with Gasteiger partial charge in [0.05, 0.1) is 7.11 Å². The van der Waals surface area contributed by atoms with Crippen LogP contribution in [0.2, 0.25) is 0 Å². The van der Waals surface area contributed by atoms with Crippen LogP contribution in [0.5, 0.6) is 0 Å². The largest absolute Gasteiger partial charge is 0.467 e. The van der Waals surface area contributed by atoms with E-state index in [1.165, 1.54) is 0 Å². The predicted molar refractivity (Wildman–Crippen MR) is 63.2 cm³/mol. The van der Waals surface area contributed by atoms with Gasteiger partial charge in [-0.2, -0.15) is 8.42 Å². The molecule has 0 N–H and O–H groups in total. The van der Waals surface area contributed by atoms with Gasteiger partial charge >= 0.3 is 16.2 Å². The number of amides is 1. The van der Waals surface area contributed by atoms with Crippen molar-refractivity contribution in [3.63, 3.8) is 0 Å². The fourth-order valence-corrected chi connectivity index (χ4v) is 3.23. The molecule has 0 bridgehead atoms. The first-order valence-corrected chi connectivity index (χ1v) is 7.52. The van der Waals surface area contributed by atoms with Crippen molar-refractivity contribution in [2.45, 2.75) is 31.1 Å². The number of esters is 1. The zero-order valence-electron chi connectivity index (χ0n) is 10.7. The molecule has 0 aromatic heterocycles. The molecule has 1 heterocycles. The van der Waals surface area contributed by atoms with E-state index >= 15 is 0 Å². The van der Waals surface area contributed by atoms with Gasteiger partial charge < -0.3 is 9.64 Å². The zero-order valence-corrected chi connectivity index (χ0v) is 11.5. The minimum absolute atomic E-state index is 0.187. The number of likely N-dealkylation sites (tertiary alicyclic amines) is 1. The molecule has 1 aliphatic carbocycles. The van der Waals surface area contributed by atoms with Crippen molar-refractivity contribution >= 4 is 22.1 Å². The molecule has 0 aromatic carbocycles. The maximum absolute atomic E-state index is 13.0. The quantitative estimate of drug-likeness (QED) is 0.544. The molecule has 2 aliphatic rings. The molecule has 0 spiro atoms. The third-order valence-corrected chi connectivity index (χ3v) is 4.98. The van der Waals surface area contributed by atoms with E-state index in [2.05, 4.69) is 4.74 Å². The Labute approximate surface area is 111 Å². The van der Waals surface area contributed by atoms with Crippen molar-refractivity contribution in [2.75, 3.05) is 13.7 Å². The zero-order chi connectivity index (χ0) is 14.4. The van der Waals surface area contributed by atoms with Crippen LogP contribution in [0.4, 0.5) is 3.89 Å². The number of halogens is 1. The average Bonchev–Trinajstić information content (AvgIpc) is 2.89. The fraction of sp³-hybridized carbons (Fsp3) is 0.818. The van der Waals surface area contributed by atoms with Crippen LogP contribution in [0.3, 0.4) is 0 Å². The van der Waals surface area contributed by atoms with Crippen LogP contribution in [-0.2, 0) is 24.5 Å². The highest BCUT2D eigenvalue weighted by Gasteiger charge is 2.50. The highest BCUT2D eigenvalue weighted by atomic mass is 32.3. The van der Waals surface area contributed by atoms with Gasteiger partial charge in [0.1, 0.15) is 11.3 Å². The summed E-state index contributed by atoms with van der Waals surface area (Å²) in [5.41, 5.74) is 0. The van der Waals surface area contributed by atoms with E-state index in [4.69, 9.17) is 0 Å². The van der Waals surface area contributed by atoms with E-state index in [1.54, 1.807) is 0 Å². The third-order valence-electron chi connectivity index (χ3n) is 3.84. The normalized spacial score (nSPS) is 34.2. The van der Waals surface area contributed by atoms with Crippen molar-refractivity contribution in [2.24, 2.45) is 11.8 Å². The van der Waals surface area contributed by atoms with Gasteiger partial charge in [-0.05, 0) is 18.8 Å². The van der Waals surface area contributed by atoms with E-state index in [0.29, 0.717) is 0 Å². The molecule has 8 heteroatoms. The Hall–Kier alpha value is -1.18. The van der Waals surface area contributed by atoms with Gasteiger partial charge in [-0.15, -0.1) is 3.89 Å². The summed E-state index contributed by atoms with van der Waals surface area (Å²) >= 11 is 0. The molecule has 0 aromatic rings. The second-order valence-electron chi connectivity index (χ2n) is 5.18. The number of hydrogen-bond donors (Lipinski definition) is 0. The first-order valence-electron chi connectivity index (χ1n) is 6.07. The molecular formula is C11H16FNO5S. The Kier molecular flexibility index (Phi) is 3.55. The maximum Gasteiger partial charge on any atom is 0.328 e. The summed E-state index contributed by atoms with van der Waals surface area (Å²) in [6, 6.07) is -0.999. The minimum Gasteiger partial charge on any atom is -0.467 e. The lowest BCUT2D eigenvalue weighted by molar-refractivity contribution is -0.151. The Balaban J connectivity index is 2.18. The lowest BCUT2D eigenvalue weighted by Gasteiger charge is -2.22. The highest BCUT2D eigenvalue weighted by molar-refractivity contribution is 7.87. The summed E-state index contributed by atoms with van der Waals surface area (Å²) in [7, 11) is -3.61. The van der Waals surface area contributed by atoms with Gasteiger partial charge in [-0.25, -0.2) is 4.79 Å². The number of carbonyl (C=O) groups excluding carboxylic acids is 2. The smallest absolute Gasteiger partial charge is 0.328 e. The predicted octanol–water partition coefficient (Wildman–Crippen LogP) is 0.0842. The van der Waals surface area contributed by atoms with E-state index in [9.17, 15) is 21.9 Å². The van der Waals surface area contributed by atoms with Gasteiger partial charge in [0.2, 0.25) is 5.91 Å². The maximum atomic E-state index is 13.0. The van der Waals surface area contributed by atoms with Crippen LogP contribution < -0.4 is 0 Å². The number of ether oxygens (including phenoxy) is 1. The van der Waals surface area contributed by atoms with Crippen molar-refractivity contribution in [1.82, 2.24) is 4.90 Å².